The van der Waals surface area contributed by atoms with Crippen LogP contribution in [0.5, 0.6) is 23.0 Å². The number of hydrogen-bond acceptors (Lipinski definition) is 11. The number of rotatable bonds is 12. The average Bonchev–Trinajstić information content (AvgIpc) is 2.92. The predicted octanol–water partition coefficient (Wildman–Crippen LogP) is 0.308. The Morgan fingerprint density at radius 1 is 0.865 bits per heavy atom. The minimum absolute atomic E-state index is 0.0745. The van der Waals surface area contributed by atoms with Crippen LogP contribution < -0.4 is 18.9 Å². The van der Waals surface area contributed by atoms with E-state index in [2.05, 4.69) is 0 Å². The molecule has 3 rings (SSSR count). The Hall–Kier alpha value is -2.64. The first-order chi connectivity index (χ1) is 17.7. The van der Waals surface area contributed by atoms with Gasteiger partial charge in [0.25, 0.3) is 0 Å². The second kappa shape index (κ2) is 13.2. The number of aliphatic hydroxyl groups excluding tert-OH is 6. The minimum Gasteiger partial charge on any atom is -0.493 e. The molecule has 0 unspecified atom stereocenters. The second-order valence-corrected chi connectivity index (χ2v) is 8.81. The summed E-state index contributed by atoms with van der Waals surface area (Å²) in [5.74, 6) is 1.12. The van der Waals surface area contributed by atoms with Crippen LogP contribution in [0.3, 0.4) is 0 Å². The van der Waals surface area contributed by atoms with Gasteiger partial charge < -0.3 is 54.3 Å². The average molecular weight is 525 g/mol. The van der Waals surface area contributed by atoms with Crippen molar-refractivity contribution >= 4 is 0 Å². The fourth-order valence-electron chi connectivity index (χ4n) is 4.03. The van der Waals surface area contributed by atoms with Crippen LogP contribution in [0.1, 0.15) is 30.6 Å². The van der Waals surface area contributed by atoms with Crippen LogP contribution in [0.4, 0.5) is 0 Å². The molecular weight excluding hydrogens is 488 g/mol. The molecule has 2 aromatic carbocycles. The second-order valence-electron chi connectivity index (χ2n) is 8.81. The monoisotopic (exact) mass is 524 g/mol. The zero-order chi connectivity index (χ0) is 27.1. The first kappa shape index (κ1) is 28.9. The van der Waals surface area contributed by atoms with Crippen molar-refractivity contribution < 1.29 is 54.3 Å². The normalized spacial score (nSPS) is 25.3. The molecule has 0 radical (unpaired) electrons. The van der Waals surface area contributed by atoms with Crippen molar-refractivity contribution in [3.05, 3.63) is 47.5 Å². The van der Waals surface area contributed by atoms with Crippen LogP contribution in [-0.4, -0.2) is 94.9 Å². The van der Waals surface area contributed by atoms with Crippen LogP contribution in [0.2, 0.25) is 0 Å². The van der Waals surface area contributed by atoms with Gasteiger partial charge in [0.05, 0.1) is 26.9 Å². The number of aliphatic hydroxyl groups is 6. The summed E-state index contributed by atoms with van der Waals surface area (Å²) in [5, 5.41) is 60.1. The fourth-order valence-corrected chi connectivity index (χ4v) is 4.03. The highest BCUT2D eigenvalue weighted by molar-refractivity contribution is 5.45. The number of aryl methyl sites for hydroxylation is 1. The Bertz CT molecular complexity index is 1000. The van der Waals surface area contributed by atoms with E-state index in [1.54, 1.807) is 19.1 Å². The minimum atomic E-state index is -1.50. The third kappa shape index (κ3) is 6.82. The maximum Gasteiger partial charge on any atom is 0.229 e. The summed E-state index contributed by atoms with van der Waals surface area (Å²) in [7, 11) is 2.88. The van der Waals surface area contributed by atoms with Crippen molar-refractivity contribution in [3.63, 3.8) is 0 Å². The van der Waals surface area contributed by atoms with Gasteiger partial charge >= 0.3 is 0 Å². The van der Waals surface area contributed by atoms with E-state index in [-0.39, 0.29) is 18.1 Å². The Morgan fingerprint density at radius 3 is 2.19 bits per heavy atom. The van der Waals surface area contributed by atoms with Crippen LogP contribution >= 0.6 is 0 Å². The van der Waals surface area contributed by atoms with E-state index in [0.717, 1.165) is 5.56 Å². The summed E-state index contributed by atoms with van der Waals surface area (Å²) in [6, 6.07) is 9.79. The lowest BCUT2D eigenvalue weighted by atomic mass is 10.00. The zero-order valence-electron chi connectivity index (χ0n) is 21.1. The van der Waals surface area contributed by atoms with Crippen LogP contribution in [0, 0.1) is 0 Å². The molecule has 0 amide bonds. The highest BCUT2D eigenvalue weighted by atomic mass is 16.7. The standard InChI is InChI=1S/C26H36O11/c1-14-22(29)24(31)25(32)26(35-14)37-18-9-7-16(12-20(18)34-3)23(30)21(13-28)36-17-8-6-15(5-4-10-27)11-19(17)33-2/h6-9,11-12,14,21-32H,4-5,10,13H2,1-3H3/t14-,21-,22-,23-,24+,25+,26-/m0/s1. The highest BCUT2D eigenvalue weighted by Gasteiger charge is 2.43. The van der Waals surface area contributed by atoms with E-state index in [1.165, 1.54) is 32.4 Å². The molecule has 1 heterocycles. The Morgan fingerprint density at radius 2 is 1.54 bits per heavy atom. The van der Waals surface area contributed by atoms with Gasteiger partial charge in [-0.15, -0.1) is 0 Å². The Balaban J connectivity index is 1.76. The first-order valence-corrected chi connectivity index (χ1v) is 12.0. The first-order valence-electron chi connectivity index (χ1n) is 12.0. The summed E-state index contributed by atoms with van der Waals surface area (Å²) in [4.78, 5) is 0. The third-order valence-corrected chi connectivity index (χ3v) is 6.24. The molecule has 1 aliphatic rings. The van der Waals surface area contributed by atoms with Gasteiger partial charge in [0.1, 0.15) is 24.4 Å². The van der Waals surface area contributed by atoms with Gasteiger partial charge in [-0.3, -0.25) is 0 Å². The Labute approximate surface area is 215 Å². The molecule has 37 heavy (non-hydrogen) atoms. The van der Waals surface area contributed by atoms with Crippen LogP contribution in [-0.2, 0) is 11.2 Å². The molecule has 0 aromatic heterocycles. The number of methoxy groups -OCH3 is 2. The lowest BCUT2D eigenvalue weighted by Crippen LogP contribution is -2.58. The van der Waals surface area contributed by atoms with Gasteiger partial charge in [-0.05, 0) is 55.2 Å². The maximum absolute atomic E-state index is 11.0. The SMILES string of the molecule is COc1cc([C@H](O)[C@H](CO)Oc2ccc(CCCO)cc2OC)ccc1O[C@@H]1O[C@@H](C)[C@H](O)[C@@H](O)[C@H]1O. The predicted molar refractivity (Wildman–Crippen MR) is 131 cm³/mol. The fraction of sp³-hybridized carbons (Fsp3) is 0.538. The maximum atomic E-state index is 11.0. The lowest BCUT2D eigenvalue weighted by molar-refractivity contribution is -0.268. The molecule has 0 saturated carbocycles. The van der Waals surface area contributed by atoms with Gasteiger partial charge in [0.15, 0.2) is 29.1 Å². The van der Waals surface area contributed by atoms with E-state index in [0.29, 0.717) is 29.9 Å². The lowest BCUT2D eigenvalue weighted by Gasteiger charge is -2.39. The summed E-state index contributed by atoms with van der Waals surface area (Å²) >= 11 is 0. The topological polar surface area (TPSA) is 168 Å². The van der Waals surface area contributed by atoms with Crippen molar-refractivity contribution in [2.75, 3.05) is 27.4 Å². The summed E-state index contributed by atoms with van der Waals surface area (Å²) in [6.07, 6.45) is -7.30. The van der Waals surface area contributed by atoms with Gasteiger partial charge in [-0.2, -0.15) is 0 Å². The number of hydrogen-bond donors (Lipinski definition) is 6. The van der Waals surface area contributed by atoms with Crippen molar-refractivity contribution in [1.82, 2.24) is 0 Å². The molecular formula is C26H36O11. The quantitative estimate of drug-likeness (QED) is 0.226. The third-order valence-electron chi connectivity index (χ3n) is 6.24. The molecule has 0 spiro atoms. The van der Waals surface area contributed by atoms with Crippen molar-refractivity contribution in [2.45, 2.75) is 62.7 Å². The molecule has 1 aliphatic heterocycles. The molecule has 1 fully saturated rings. The molecule has 7 atom stereocenters. The summed E-state index contributed by atoms with van der Waals surface area (Å²) in [6.45, 7) is 1.11. The Kier molecular flexibility index (Phi) is 10.4. The summed E-state index contributed by atoms with van der Waals surface area (Å²) in [5.41, 5.74) is 1.30. The van der Waals surface area contributed by atoms with E-state index in [1.807, 2.05) is 6.07 Å². The van der Waals surface area contributed by atoms with Gasteiger partial charge in [0, 0.05) is 6.61 Å². The molecule has 0 aliphatic carbocycles. The van der Waals surface area contributed by atoms with Gasteiger partial charge in [0.2, 0.25) is 6.29 Å². The molecule has 6 N–H and O–H groups in total. The van der Waals surface area contributed by atoms with Crippen molar-refractivity contribution in [3.8, 4) is 23.0 Å². The number of ether oxygens (including phenoxy) is 5. The molecule has 206 valence electrons. The molecule has 2 aromatic rings. The molecule has 0 bridgehead atoms. The smallest absolute Gasteiger partial charge is 0.229 e. The van der Waals surface area contributed by atoms with E-state index >= 15 is 0 Å². The van der Waals surface area contributed by atoms with E-state index in [4.69, 9.17) is 28.8 Å². The zero-order valence-corrected chi connectivity index (χ0v) is 21.1. The van der Waals surface area contributed by atoms with Crippen molar-refractivity contribution in [1.29, 1.82) is 0 Å². The summed E-state index contributed by atoms with van der Waals surface area (Å²) < 4.78 is 27.8. The van der Waals surface area contributed by atoms with E-state index < -0.39 is 49.5 Å². The molecule has 11 heteroatoms. The largest absolute Gasteiger partial charge is 0.493 e. The van der Waals surface area contributed by atoms with Gasteiger partial charge in [-0.25, -0.2) is 0 Å². The molecule has 1 saturated heterocycles. The van der Waals surface area contributed by atoms with Crippen LogP contribution in [0.15, 0.2) is 36.4 Å². The van der Waals surface area contributed by atoms with Gasteiger partial charge in [-0.1, -0.05) is 12.1 Å². The van der Waals surface area contributed by atoms with Crippen LogP contribution in [0.25, 0.3) is 0 Å². The number of benzene rings is 2. The van der Waals surface area contributed by atoms with Crippen molar-refractivity contribution in [2.24, 2.45) is 0 Å². The van der Waals surface area contributed by atoms with E-state index in [9.17, 15) is 25.5 Å². The molecule has 11 nitrogen and oxygen atoms in total. The highest BCUT2D eigenvalue weighted by Crippen LogP contribution is 2.36.